The van der Waals surface area contributed by atoms with Crippen LogP contribution in [0.3, 0.4) is 0 Å². The highest BCUT2D eigenvalue weighted by atomic mass is 19.1. The number of aryl methyl sites for hydroxylation is 1. The van der Waals surface area contributed by atoms with Crippen molar-refractivity contribution in [2.45, 2.75) is 13.0 Å². The molecule has 0 aliphatic carbocycles. The van der Waals surface area contributed by atoms with Gasteiger partial charge >= 0.3 is 0 Å². The molecule has 1 amide bonds. The number of halogens is 1. The summed E-state index contributed by atoms with van der Waals surface area (Å²) in [5, 5.41) is 15.8. The van der Waals surface area contributed by atoms with Crippen LogP contribution in [-0.4, -0.2) is 37.2 Å². The molecule has 0 aliphatic heterocycles. The Balaban J connectivity index is 1.34. The molecular weight excluding hydrogens is 359 g/mol. The van der Waals surface area contributed by atoms with Crippen LogP contribution in [0.25, 0.3) is 22.3 Å². The normalized spacial score (nSPS) is 11.1. The molecule has 4 rings (SSSR count). The van der Waals surface area contributed by atoms with Crippen LogP contribution in [0, 0.1) is 5.82 Å². The van der Waals surface area contributed by atoms with Crippen molar-refractivity contribution >= 4 is 16.8 Å². The summed E-state index contributed by atoms with van der Waals surface area (Å²) in [5.41, 5.74) is 2.79. The topological polar surface area (TPSA) is 77.6 Å². The van der Waals surface area contributed by atoms with Gasteiger partial charge < -0.3 is 9.88 Å². The van der Waals surface area contributed by atoms with Gasteiger partial charge in [0.2, 0.25) is 11.7 Å². The molecule has 0 spiro atoms. The van der Waals surface area contributed by atoms with Gasteiger partial charge in [-0.2, -0.15) is 4.80 Å². The van der Waals surface area contributed by atoms with Crippen LogP contribution in [-0.2, 0) is 24.8 Å². The summed E-state index contributed by atoms with van der Waals surface area (Å²) in [6.07, 6.45) is 2.56. The van der Waals surface area contributed by atoms with Crippen molar-refractivity contribution in [1.29, 1.82) is 0 Å². The minimum atomic E-state index is -0.268. The van der Waals surface area contributed by atoms with Crippen molar-refractivity contribution in [3.8, 4) is 11.4 Å². The van der Waals surface area contributed by atoms with Gasteiger partial charge in [0.1, 0.15) is 12.4 Å². The van der Waals surface area contributed by atoms with E-state index in [0.29, 0.717) is 18.8 Å². The predicted molar refractivity (Wildman–Crippen MR) is 103 cm³/mol. The third kappa shape index (κ3) is 3.75. The Kier molecular flexibility index (Phi) is 4.84. The Morgan fingerprint density at radius 3 is 2.82 bits per heavy atom. The predicted octanol–water partition coefficient (Wildman–Crippen LogP) is 2.33. The molecule has 0 atom stereocenters. The van der Waals surface area contributed by atoms with Crippen molar-refractivity contribution in [2.75, 3.05) is 6.54 Å². The number of tetrazole rings is 1. The molecule has 8 heteroatoms. The molecule has 0 radical (unpaired) electrons. The van der Waals surface area contributed by atoms with E-state index < -0.39 is 0 Å². The summed E-state index contributed by atoms with van der Waals surface area (Å²) < 4.78 is 15.5. The summed E-state index contributed by atoms with van der Waals surface area (Å²) >= 11 is 0. The van der Waals surface area contributed by atoms with E-state index in [0.717, 1.165) is 22.0 Å². The number of carbonyl (C=O) groups is 1. The molecule has 0 aliphatic rings. The molecule has 2 aromatic carbocycles. The minimum absolute atomic E-state index is 0.00992. The lowest BCUT2D eigenvalue weighted by Crippen LogP contribution is -2.30. The molecule has 0 saturated heterocycles. The quantitative estimate of drug-likeness (QED) is 0.559. The number of carbonyl (C=O) groups excluding carboxylic acids is 1. The molecule has 0 bridgehead atoms. The Hall–Kier alpha value is -3.55. The van der Waals surface area contributed by atoms with E-state index >= 15 is 0 Å². The lowest BCUT2D eigenvalue weighted by atomic mass is 10.1. The van der Waals surface area contributed by atoms with Gasteiger partial charge in [-0.3, -0.25) is 4.79 Å². The van der Waals surface area contributed by atoms with Crippen molar-refractivity contribution in [2.24, 2.45) is 7.05 Å². The van der Waals surface area contributed by atoms with E-state index in [4.69, 9.17) is 0 Å². The molecule has 7 nitrogen and oxygen atoms in total. The van der Waals surface area contributed by atoms with Crippen LogP contribution in [0.4, 0.5) is 4.39 Å². The SMILES string of the molecule is Cn1cc(CCNC(=O)Cn2nnc(-c3ccccc3)n2)c2cc(F)ccc21. The van der Waals surface area contributed by atoms with Gasteiger partial charge in [-0.05, 0) is 35.4 Å². The maximum Gasteiger partial charge on any atom is 0.243 e. The second kappa shape index (κ2) is 7.59. The van der Waals surface area contributed by atoms with Gasteiger partial charge in [-0.15, -0.1) is 10.2 Å². The maximum absolute atomic E-state index is 13.5. The summed E-state index contributed by atoms with van der Waals surface area (Å²) in [6, 6.07) is 14.2. The highest BCUT2D eigenvalue weighted by Gasteiger charge is 2.11. The van der Waals surface area contributed by atoms with E-state index in [9.17, 15) is 9.18 Å². The first-order valence-electron chi connectivity index (χ1n) is 8.93. The second-order valence-corrected chi connectivity index (χ2v) is 6.54. The zero-order chi connectivity index (χ0) is 19.5. The number of aromatic nitrogens is 5. The summed E-state index contributed by atoms with van der Waals surface area (Å²) in [5.74, 6) is 0.00470. The smallest absolute Gasteiger partial charge is 0.243 e. The van der Waals surface area contributed by atoms with Crippen molar-refractivity contribution in [3.63, 3.8) is 0 Å². The Bertz CT molecular complexity index is 1120. The average molecular weight is 378 g/mol. The monoisotopic (exact) mass is 378 g/mol. The maximum atomic E-state index is 13.5. The standard InChI is InChI=1S/C20H19FN6O/c1-26-12-15(17-11-16(21)7-8-18(17)26)9-10-22-19(28)13-27-24-20(23-25-27)14-5-3-2-4-6-14/h2-8,11-12H,9-10,13H2,1H3,(H,22,28). The minimum Gasteiger partial charge on any atom is -0.354 e. The first-order chi connectivity index (χ1) is 13.6. The van der Waals surface area contributed by atoms with E-state index in [1.165, 1.54) is 16.9 Å². The van der Waals surface area contributed by atoms with Crippen LogP contribution >= 0.6 is 0 Å². The number of hydrogen-bond donors (Lipinski definition) is 1. The summed E-state index contributed by atoms with van der Waals surface area (Å²) in [6.45, 7) is 0.429. The number of nitrogens with one attached hydrogen (secondary N) is 1. The van der Waals surface area contributed by atoms with Crippen molar-refractivity contribution in [1.82, 2.24) is 30.1 Å². The molecule has 142 valence electrons. The van der Waals surface area contributed by atoms with E-state index in [2.05, 4.69) is 20.7 Å². The van der Waals surface area contributed by atoms with E-state index in [1.54, 1.807) is 6.07 Å². The molecule has 2 heterocycles. The largest absolute Gasteiger partial charge is 0.354 e. The highest BCUT2D eigenvalue weighted by molar-refractivity contribution is 5.84. The number of benzene rings is 2. The van der Waals surface area contributed by atoms with Crippen molar-refractivity contribution < 1.29 is 9.18 Å². The lowest BCUT2D eigenvalue weighted by Gasteiger charge is -2.04. The van der Waals surface area contributed by atoms with Crippen LogP contribution in [0.5, 0.6) is 0 Å². The van der Waals surface area contributed by atoms with Crippen LogP contribution < -0.4 is 5.32 Å². The van der Waals surface area contributed by atoms with Crippen LogP contribution in [0.2, 0.25) is 0 Å². The molecule has 0 fully saturated rings. The number of amides is 1. The molecule has 2 aromatic heterocycles. The van der Waals surface area contributed by atoms with Gasteiger partial charge in [-0.1, -0.05) is 30.3 Å². The zero-order valence-corrected chi connectivity index (χ0v) is 15.3. The third-order valence-corrected chi connectivity index (χ3v) is 4.52. The molecule has 0 unspecified atom stereocenters. The lowest BCUT2D eigenvalue weighted by molar-refractivity contribution is -0.122. The van der Waals surface area contributed by atoms with E-state index in [-0.39, 0.29) is 18.3 Å². The number of rotatable bonds is 6. The van der Waals surface area contributed by atoms with E-state index in [1.807, 2.05) is 48.1 Å². The number of hydrogen-bond acceptors (Lipinski definition) is 4. The Morgan fingerprint density at radius 1 is 1.18 bits per heavy atom. The fraction of sp³-hybridized carbons (Fsp3) is 0.200. The first kappa shape index (κ1) is 17.8. The average Bonchev–Trinajstić information content (AvgIpc) is 3.27. The van der Waals surface area contributed by atoms with Gasteiger partial charge in [0.25, 0.3) is 0 Å². The first-order valence-corrected chi connectivity index (χ1v) is 8.93. The van der Waals surface area contributed by atoms with Gasteiger partial charge in [-0.25, -0.2) is 4.39 Å². The molecular formula is C20H19FN6O. The van der Waals surface area contributed by atoms with Gasteiger partial charge in [0, 0.05) is 36.3 Å². The van der Waals surface area contributed by atoms with Crippen molar-refractivity contribution in [3.05, 3.63) is 66.1 Å². The fourth-order valence-electron chi connectivity index (χ4n) is 3.18. The van der Waals surface area contributed by atoms with Crippen LogP contribution in [0.15, 0.2) is 54.7 Å². The molecule has 4 aromatic rings. The molecule has 1 N–H and O–H groups in total. The highest BCUT2D eigenvalue weighted by Crippen LogP contribution is 2.22. The Labute approximate surface area is 160 Å². The zero-order valence-electron chi connectivity index (χ0n) is 15.3. The second-order valence-electron chi connectivity index (χ2n) is 6.54. The summed E-state index contributed by atoms with van der Waals surface area (Å²) in [7, 11) is 1.92. The third-order valence-electron chi connectivity index (χ3n) is 4.52. The fourth-order valence-corrected chi connectivity index (χ4v) is 3.18. The molecule has 28 heavy (non-hydrogen) atoms. The van der Waals surface area contributed by atoms with Crippen LogP contribution in [0.1, 0.15) is 5.56 Å². The number of fused-ring (bicyclic) bond motifs is 1. The van der Waals surface area contributed by atoms with Gasteiger partial charge in [0.05, 0.1) is 0 Å². The summed E-state index contributed by atoms with van der Waals surface area (Å²) in [4.78, 5) is 13.4. The Morgan fingerprint density at radius 2 is 2.00 bits per heavy atom. The van der Waals surface area contributed by atoms with Gasteiger partial charge in [0.15, 0.2) is 0 Å². The molecule has 0 saturated carbocycles. The number of nitrogens with zero attached hydrogens (tertiary/aromatic N) is 5.